The number of hydrogen-bond acceptors (Lipinski definition) is 1. The number of alkyl halides is 1. The van der Waals surface area contributed by atoms with Crippen molar-refractivity contribution in [2.45, 2.75) is 39.0 Å². The first-order valence-electron chi connectivity index (χ1n) is 5.05. The van der Waals surface area contributed by atoms with Crippen molar-refractivity contribution < 1.29 is 4.79 Å². The molecule has 0 aliphatic heterocycles. The third-order valence-corrected chi connectivity index (χ3v) is 2.91. The van der Waals surface area contributed by atoms with Gasteiger partial charge in [-0.15, -0.1) is 11.6 Å². The fraction of sp³-hybridized carbons (Fsp3) is 0.900. The van der Waals surface area contributed by atoms with Crippen LogP contribution in [0.5, 0.6) is 0 Å². The van der Waals surface area contributed by atoms with Crippen LogP contribution in [0, 0.1) is 5.41 Å². The van der Waals surface area contributed by atoms with E-state index in [1.165, 1.54) is 25.7 Å². The van der Waals surface area contributed by atoms with Crippen LogP contribution in [0.3, 0.4) is 0 Å². The highest BCUT2D eigenvalue weighted by Gasteiger charge is 2.41. The van der Waals surface area contributed by atoms with E-state index in [0.29, 0.717) is 17.7 Å². The zero-order valence-electron chi connectivity index (χ0n) is 8.24. The van der Waals surface area contributed by atoms with Crippen LogP contribution < -0.4 is 5.32 Å². The maximum atomic E-state index is 11.1. The van der Waals surface area contributed by atoms with E-state index in [1.807, 2.05) is 0 Å². The van der Waals surface area contributed by atoms with E-state index >= 15 is 0 Å². The average Bonchev–Trinajstić information content (AvgIpc) is 2.84. The predicted molar refractivity (Wildman–Crippen MR) is 54.9 cm³/mol. The fourth-order valence-corrected chi connectivity index (χ4v) is 1.85. The van der Waals surface area contributed by atoms with E-state index in [9.17, 15) is 4.79 Å². The molecule has 0 bridgehead atoms. The summed E-state index contributed by atoms with van der Waals surface area (Å²) >= 11 is 5.46. The van der Waals surface area contributed by atoms with Gasteiger partial charge >= 0.3 is 0 Å². The minimum Gasteiger partial charge on any atom is -0.356 e. The molecule has 0 aromatic carbocycles. The summed E-state index contributed by atoms with van der Waals surface area (Å²) in [6, 6.07) is 0. The maximum absolute atomic E-state index is 11.1. The summed E-state index contributed by atoms with van der Waals surface area (Å²) in [5, 5.41) is 2.95. The highest BCUT2D eigenvalue weighted by Crippen LogP contribution is 2.48. The van der Waals surface area contributed by atoms with E-state index < -0.39 is 0 Å². The lowest BCUT2D eigenvalue weighted by Crippen LogP contribution is -2.30. The first-order valence-corrected chi connectivity index (χ1v) is 5.58. The Bertz CT molecular complexity index is 178. The van der Waals surface area contributed by atoms with Gasteiger partial charge in [0.15, 0.2) is 0 Å². The molecular weight excluding hydrogens is 186 g/mol. The highest BCUT2D eigenvalue weighted by atomic mass is 35.5. The second kappa shape index (κ2) is 4.85. The Labute approximate surface area is 85.0 Å². The largest absolute Gasteiger partial charge is 0.356 e. The normalized spacial score (nSPS) is 18.3. The van der Waals surface area contributed by atoms with Crippen molar-refractivity contribution in [3.63, 3.8) is 0 Å². The van der Waals surface area contributed by atoms with Crippen molar-refractivity contribution in [2.24, 2.45) is 5.41 Å². The first kappa shape index (κ1) is 10.8. The van der Waals surface area contributed by atoms with Gasteiger partial charge in [0.25, 0.3) is 0 Å². The quantitative estimate of drug-likeness (QED) is 0.660. The molecule has 1 rings (SSSR count). The van der Waals surface area contributed by atoms with Crippen molar-refractivity contribution in [3.05, 3.63) is 0 Å². The van der Waals surface area contributed by atoms with Crippen LogP contribution in [0.15, 0.2) is 0 Å². The van der Waals surface area contributed by atoms with E-state index in [0.717, 1.165) is 6.54 Å². The molecule has 2 nitrogen and oxygen atoms in total. The van der Waals surface area contributed by atoms with Gasteiger partial charge < -0.3 is 5.32 Å². The van der Waals surface area contributed by atoms with Crippen LogP contribution in [0.2, 0.25) is 0 Å². The first-order chi connectivity index (χ1) is 6.22. The predicted octanol–water partition coefficient (Wildman–Crippen LogP) is 2.31. The second-order valence-electron chi connectivity index (χ2n) is 3.97. The Balaban J connectivity index is 2.14. The highest BCUT2D eigenvalue weighted by molar-refractivity contribution is 6.18. The molecule has 0 spiro atoms. The Morgan fingerprint density at radius 1 is 1.54 bits per heavy atom. The van der Waals surface area contributed by atoms with Gasteiger partial charge in [-0.3, -0.25) is 4.79 Å². The number of amides is 1. The summed E-state index contributed by atoms with van der Waals surface area (Å²) in [5.74, 6) is 0.518. The average molecular weight is 204 g/mol. The van der Waals surface area contributed by atoms with Gasteiger partial charge in [-0.25, -0.2) is 0 Å². The van der Waals surface area contributed by atoms with Gasteiger partial charge in [-0.2, -0.15) is 0 Å². The minimum atomic E-state index is 0.0948. The summed E-state index contributed by atoms with van der Waals surface area (Å²) in [6.07, 6.45) is 5.47. The molecule has 13 heavy (non-hydrogen) atoms. The van der Waals surface area contributed by atoms with Gasteiger partial charge in [0.1, 0.15) is 0 Å². The molecule has 1 aliphatic rings. The van der Waals surface area contributed by atoms with Crippen molar-refractivity contribution in [2.75, 3.05) is 12.4 Å². The van der Waals surface area contributed by atoms with E-state index in [2.05, 4.69) is 12.2 Å². The van der Waals surface area contributed by atoms with Crippen molar-refractivity contribution >= 4 is 17.5 Å². The smallest absolute Gasteiger partial charge is 0.221 e. The SMILES string of the molecule is CCCC1(CNC(=O)CCCl)CC1. The lowest BCUT2D eigenvalue weighted by Gasteiger charge is -2.14. The van der Waals surface area contributed by atoms with Crippen LogP contribution in [0.25, 0.3) is 0 Å². The zero-order chi connectivity index (χ0) is 9.73. The molecule has 76 valence electrons. The molecule has 0 saturated heterocycles. The lowest BCUT2D eigenvalue weighted by atomic mass is 10.0. The standard InChI is InChI=1S/C10H18ClNO/c1-2-4-10(5-6-10)8-12-9(13)3-7-11/h2-8H2,1H3,(H,12,13). The number of carbonyl (C=O) groups is 1. The summed E-state index contributed by atoms with van der Waals surface area (Å²) < 4.78 is 0. The molecule has 1 aliphatic carbocycles. The molecule has 3 heteroatoms. The molecule has 0 aromatic heterocycles. The third kappa shape index (κ3) is 3.55. The van der Waals surface area contributed by atoms with Crippen LogP contribution in [-0.2, 0) is 4.79 Å². The topological polar surface area (TPSA) is 29.1 Å². The molecular formula is C10H18ClNO. The summed E-state index contributed by atoms with van der Waals surface area (Å²) in [4.78, 5) is 11.1. The summed E-state index contributed by atoms with van der Waals surface area (Å²) in [5.41, 5.74) is 0.455. The number of hydrogen-bond donors (Lipinski definition) is 1. The van der Waals surface area contributed by atoms with Crippen molar-refractivity contribution in [1.82, 2.24) is 5.32 Å². The van der Waals surface area contributed by atoms with Gasteiger partial charge in [-0.05, 0) is 24.7 Å². The molecule has 0 unspecified atom stereocenters. The van der Waals surface area contributed by atoms with Crippen LogP contribution in [0.4, 0.5) is 0 Å². The number of nitrogens with one attached hydrogen (secondary N) is 1. The molecule has 0 radical (unpaired) electrons. The van der Waals surface area contributed by atoms with Crippen LogP contribution >= 0.6 is 11.6 Å². The molecule has 1 fully saturated rings. The van der Waals surface area contributed by atoms with E-state index in [1.54, 1.807) is 0 Å². The maximum Gasteiger partial charge on any atom is 0.221 e. The Kier molecular flexibility index (Phi) is 4.04. The molecule has 1 N–H and O–H groups in total. The molecule has 1 saturated carbocycles. The molecule has 0 atom stereocenters. The molecule has 0 aromatic rings. The Morgan fingerprint density at radius 3 is 2.69 bits per heavy atom. The van der Waals surface area contributed by atoms with Gasteiger partial charge in [0.2, 0.25) is 5.91 Å². The van der Waals surface area contributed by atoms with E-state index in [-0.39, 0.29) is 5.91 Å². The summed E-state index contributed by atoms with van der Waals surface area (Å²) in [6.45, 7) is 3.05. The summed E-state index contributed by atoms with van der Waals surface area (Å²) in [7, 11) is 0. The van der Waals surface area contributed by atoms with Gasteiger partial charge in [-0.1, -0.05) is 13.3 Å². The number of rotatable bonds is 6. The van der Waals surface area contributed by atoms with Crippen LogP contribution in [-0.4, -0.2) is 18.3 Å². The molecule has 0 heterocycles. The Morgan fingerprint density at radius 2 is 2.23 bits per heavy atom. The van der Waals surface area contributed by atoms with E-state index in [4.69, 9.17) is 11.6 Å². The Hall–Kier alpha value is -0.240. The fourth-order valence-electron chi connectivity index (χ4n) is 1.68. The monoisotopic (exact) mass is 203 g/mol. The third-order valence-electron chi connectivity index (χ3n) is 2.72. The van der Waals surface area contributed by atoms with Gasteiger partial charge in [0, 0.05) is 18.8 Å². The number of halogens is 1. The second-order valence-corrected chi connectivity index (χ2v) is 4.34. The minimum absolute atomic E-state index is 0.0948. The van der Waals surface area contributed by atoms with Crippen molar-refractivity contribution in [3.8, 4) is 0 Å². The van der Waals surface area contributed by atoms with Gasteiger partial charge in [0.05, 0.1) is 0 Å². The van der Waals surface area contributed by atoms with Crippen LogP contribution in [0.1, 0.15) is 39.0 Å². The zero-order valence-corrected chi connectivity index (χ0v) is 8.99. The molecule has 1 amide bonds. The van der Waals surface area contributed by atoms with Crippen molar-refractivity contribution in [1.29, 1.82) is 0 Å². The number of carbonyl (C=O) groups excluding carboxylic acids is 1. The lowest BCUT2D eigenvalue weighted by molar-refractivity contribution is -0.120.